The molecule has 2 aliphatic rings. The summed E-state index contributed by atoms with van der Waals surface area (Å²) in [5.41, 5.74) is 2.87. The number of aryl methyl sites for hydroxylation is 1. The summed E-state index contributed by atoms with van der Waals surface area (Å²) in [5, 5.41) is 39.9. The molecule has 5 rings (SSSR count). The fourth-order valence-corrected chi connectivity index (χ4v) is 4.68. The van der Waals surface area contributed by atoms with Crippen LogP contribution in [0, 0.1) is 18.3 Å². The van der Waals surface area contributed by atoms with E-state index in [1.807, 2.05) is 36.0 Å². The van der Waals surface area contributed by atoms with Gasteiger partial charge in [-0.05, 0) is 50.7 Å². The van der Waals surface area contributed by atoms with Crippen LogP contribution >= 0.6 is 0 Å². The summed E-state index contributed by atoms with van der Waals surface area (Å²) >= 11 is 0. The van der Waals surface area contributed by atoms with Crippen molar-refractivity contribution in [3.63, 3.8) is 0 Å². The number of likely N-dealkylation sites (tertiary alicyclic amines) is 1. The number of aliphatic hydroxyl groups excluding tert-OH is 1. The van der Waals surface area contributed by atoms with E-state index in [1.54, 1.807) is 36.4 Å². The van der Waals surface area contributed by atoms with Gasteiger partial charge in [0.2, 0.25) is 5.95 Å². The Morgan fingerprint density at radius 2 is 1.92 bits per heavy atom. The predicted molar refractivity (Wildman–Crippen MR) is 140 cm³/mol. The van der Waals surface area contributed by atoms with Crippen molar-refractivity contribution in [2.75, 3.05) is 18.4 Å². The molecule has 1 aliphatic heterocycles. The van der Waals surface area contributed by atoms with Crippen LogP contribution in [0.2, 0.25) is 0 Å². The third-order valence-electron chi connectivity index (χ3n) is 7.18. The highest BCUT2D eigenvalue weighted by Gasteiger charge is 2.50. The number of nitrogens with one attached hydrogen (secondary N) is 2. The molecule has 0 spiro atoms. The van der Waals surface area contributed by atoms with Gasteiger partial charge in [-0.1, -0.05) is 24.3 Å². The number of nitriles is 1. The summed E-state index contributed by atoms with van der Waals surface area (Å²) in [6.45, 7) is 4.85. The normalized spacial score (nSPS) is 18.4. The largest absolute Gasteiger partial charge is 0.380 e. The Bertz CT molecular complexity index is 1340. The molecule has 4 N–H and O–H groups in total. The summed E-state index contributed by atoms with van der Waals surface area (Å²) < 4.78 is 1.91. The van der Waals surface area contributed by atoms with Crippen LogP contribution in [0.1, 0.15) is 56.0 Å². The Hall–Kier alpha value is -3.85. The molecule has 2 aromatic heterocycles. The maximum absolute atomic E-state index is 12.4. The SMILES string of the molecule is Cc1cnc(Nc2cnn(C3CCN(C(=O)C4(O)CC4)CC3)c2)nc1-c1ccc(C(O)N[C@@H](C)C#N)cc1. The second-order valence-corrected chi connectivity index (χ2v) is 10.2. The Balaban J connectivity index is 1.22. The Kier molecular flexibility index (Phi) is 7.12. The standard InChI is InChI=1S/C27H32N8O3/c1-17-14-29-26(33-23(17)19-3-5-20(6-4-19)24(36)31-18(2)13-28)32-21-15-30-35(16-21)22-7-11-34(12-8-22)25(37)27(38)9-10-27/h3-6,14-16,18,22,24,31,36,38H,7-12H2,1-2H3,(H,29,32,33)/t18-,24?/m0/s1. The van der Waals surface area contributed by atoms with Gasteiger partial charge in [0.15, 0.2) is 0 Å². The Morgan fingerprint density at radius 1 is 1.21 bits per heavy atom. The quantitative estimate of drug-likeness (QED) is 0.331. The van der Waals surface area contributed by atoms with E-state index in [9.17, 15) is 15.0 Å². The van der Waals surface area contributed by atoms with Gasteiger partial charge >= 0.3 is 0 Å². The molecule has 1 amide bonds. The van der Waals surface area contributed by atoms with Crippen LogP contribution in [0.15, 0.2) is 42.9 Å². The number of anilines is 2. The van der Waals surface area contributed by atoms with Crippen molar-refractivity contribution < 1.29 is 15.0 Å². The zero-order valence-corrected chi connectivity index (χ0v) is 21.5. The van der Waals surface area contributed by atoms with E-state index in [0.29, 0.717) is 37.4 Å². The minimum absolute atomic E-state index is 0.137. The number of piperidine rings is 1. The average Bonchev–Trinajstić information content (AvgIpc) is 3.52. The highest BCUT2D eigenvalue weighted by molar-refractivity contribution is 5.87. The van der Waals surface area contributed by atoms with Crippen molar-refractivity contribution in [1.29, 1.82) is 5.26 Å². The molecular formula is C27H32N8O3. The van der Waals surface area contributed by atoms with Gasteiger partial charge in [-0.25, -0.2) is 9.97 Å². The van der Waals surface area contributed by atoms with E-state index in [1.165, 1.54) is 0 Å². The maximum Gasteiger partial charge on any atom is 0.254 e. The lowest BCUT2D eigenvalue weighted by Crippen LogP contribution is -2.45. The van der Waals surface area contributed by atoms with E-state index in [2.05, 4.69) is 20.7 Å². The molecule has 3 aromatic rings. The van der Waals surface area contributed by atoms with Crippen LogP contribution < -0.4 is 10.6 Å². The lowest BCUT2D eigenvalue weighted by molar-refractivity contribution is -0.143. The molecule has 38 heavy (non-hydrogen) atoms. The fourth-order valence-electron chi connectivity index (χ4n) is 4.68. The van der Waals surface area contributed by atoms with E-state index in [4.69, 9.17) is 10.2 Å². The van der Waals surface area contributed by atoms with Crippen molar-refractivity contribution in [3.05, 3.63) is 54.0 Å². The summed E-state index contributed by atoms with van der Waals surface area (Å²) in [6, 6.07) is 9.13. The third-order valence-corrected chi connectivity index (χ3v) is 7.18. The summed E-state index contributed by atoms with van der Waals surface area (Å²) in [6.07, 6.45) is 7.18. The average molecular weight is 517 g/mol. The molecular weight excluding hydrogens is 484 g/mol. The zero-order valence-electron chi connectivity index (χ0n) is 21.5. The van der Waals surface area contributed by atoms with Crippen LogP contribution in [0.3, 0.4) is 0 Å². The van der Waals surface area contributed by atoms with E-state index < -0.39 is 17.9 Å². The number of carbonyl (C=O) groups is 1. The van der Waals surface area contributed by atoms with E-state index >= 15 is 0 Å². The number of hydrogen-bond donors (Lipinski definition) is 4. The van der Waals surface area contributed by atoms with Crippen LogP contribution in [0.4, 0.5) is 11.6 Å². The maximum atomic E-state index is 12.4. The number of carbonyl (C=O) groups excluding carboxylic acids is 1. The number of nitrogens with zero attached hydrogens (tertiary/aromatic N) is 6. The van der Waals surface area contributed by atoms with Crippen molar-refractivity contribution in [2.45, 2.75) is 63.4 Å². The first kappa shape index (κ1) is 25.8. The van der Waals surface area contributed by atoms with Crippen LogP contribution in [-0.2, 0) is 4.79 Å². The highest BCUT2D eigenvalue weighted by atomic mass is 16.3. The van der Waals surface area contributed by atoms with Gasteiger partial charge in [-0.15, -0.1) is 0 Å². The minimum Gasteiger partial charge on any atom is -0.380 e. The van der Waals surface area contributed by atoms with Gasteiger partial charge in [0.1, 0.15) is 11.8 Å². The molecule has 0 bridgehead atoms. The molecule has 2 fully saturated rings. The van der Waals surface area contributed by atoms with Gasteiger partial charge in [-0.2, -0.15) is 10.4 Å². The number of aliphatic hydroxyl groups is 2. The van der Waals surface area contributed by atoms with Crippen LogP contribution in [0.5, 0.6) is 0 Å². The van der Waals surface area contributed by atoms with Gasteiger partial charge in [-0.3, -0.25) is 14.8 Å². The molecule has 1 unspecified atom stereocenters. The van der Waals surface area contributed by atoms with Crippen molar-refractivity contribution in [1.82, 2.24) is 30.0 Å². The fraction of sp³-hybridized carbons (Fsp3) is 0.444. The molecule has 198 valence electrons. The Morgan fingerprint density at radius 3 is 2.58 bits per heavy atom. The number of aromatic nitrogens is 4. The number of benzene rings is 1. The van der Waals surface area contributed by atoms with Crippen molar-refractivity contribution in [3.8, 4) is 17.3 Å². The molecule has 1 saturated heterocycles. The zero-order chi connectivity index (χ0) is 26.9. The van der Waals surface area contributed by atoms with Gasteiger partial charge < -0.3 is 20.4 Å². The van der Waals surface area contributed by atoms with Gasteiger partial charge in [0.25, 0.3) is 5.91 Å². The molecule has 1 saturated carbocycles. The topological polar surface area (TPSA) is 152 Å². The summed E-state index contributed by atoms with van der Waals surface area (Å²) in [7, 11) is 0. The second kappa shape index (κ2) is 10.5. The lowest BCUT2D eigenvalue weighted by atomic mass is 10.0. The first-order valence-corrected chi connectivity index (χ1v) is 12.9. The first-order valence-electron chi connectivity index (χ1n) is 12.9. The van der Waals surface area contributed by atoms with Crippen molar-refractivity contribution in [2.24, 2.45) is 0 Å². The Labute approximate surface area is 221 Å². The first-order chi connectivity index (χ1) is 18.3. The number of hydrogen-bond acceptors (Lipinski definition) is 9. The van der Waals surface area contributed by atoms with Crippen molar-refractivity contribution >= 4 is 17.5 Å². The number of amides is 1. The molecule has 11 nitrogen and oxygen atoms in total. The van der Waals surface area contributed by atoms with Crippen LogP contribution in [-0.4, -0.2) is 65.5 Å². The molecule has 0 radical (unpaired) electrons. The smallest absolute Gasteiger partial charge is 0.254 e. The monoisotopic (exact) mass is 516 g/mol. The van der Waals surface area contributed by atoms with Gasteiger partial charge in [0.05, 0.1) is 35.7 Å². The molecule has 2 atom stereocenters. The second-order valence-electron chi connectivity index (χ2n) is 10.2. The number of rotatable bonds is 8. The minimum atomic E-state index is -1.11. The van der Waals surface area contributed by atoms with Gasteiger partial charge in [0, 0.05) is 31.0 Å². The summed E-state index contributed by atoms with van der Waals surface area (Å²) in [5.74, 6) is 0.305. The van der Waals surface area contributed by atoms with E-state index in [-0.39, 0.29) is 11.9 Å². The molecule has 1 aromatic carbocycles. The van der Waals surface area contributed by atoms with E-state index in [0.717, 1.165) is 35.3 Å². The van der Waals surface area contributed by atoms with Crippen LogP contribution in [0.25, 0.3) is 11.3 Å². The summed E-state index contributed by atoms with van der Waals surface area (Å²) in [4.78, 5) is 23.3. The predicted octanol–water partition coefficient (Wildman–Crippen LogP) is 2.57. The highest BCUT2D eigenvalue weighted by Crippen LogP contribution is 2.38. The lowest BCUT2D eigenvalue weighted by Gasteiger charge is -2.33. The molecule has 11 heteroatoms. The molecule has 1 aliphatic carbocycles. The third kappa shape index (κ3) is 5.52. The molecule has 3 heterocycles.